The maximum absolute atomic E-state index is 13.5. The van der Waals surface area contributed by atoms with Gasteiger partial charge in [-0.15, -0.1) is 0 Å². The average Bonchev–Trinajstić information content (AvgIpc) is 2.77. The van der Waals surface area contributed by atoms with Crippen LogP contribution in [0.5, 0.6) is 11.5 Å². The number of sulfonamides is 1. The molecule has 1 aliphatic rings. The van der Waals surface area contributed by atoms with Gasteiger partial charge in [0.05, 0.1) is 24.8 Å². The van der Waals surface area contributed by atoms with Crippen LogP contribution in [0, 0.1) is 5.92 Å². The van der Waals surface area contributed by atoms with E-state index in [1.54, 1.807) is 41.3 Å². The first-order valence-electron chi connectivity index (χ1n) is 9.94. The third kappa shape index (κ3) is 4.70. The summed E-state index contributed by atoms with van der Waals surface area (Å²) in [4.78, 5) is 14.9. The van der Waals surface area contributed by atoms with E-state index in [-0.39, 0.29) is 17.3 Å². The number of ether oxygens (including phenoxy) is 2. The van der Waals surface area contributed by atoms with Gasteiger partial charge in [-0.2, -0.15) is 0 Å². The van der Waals surface area contributed by atoms with Gasteiger partial charge in [0.15, 0.2) is 0 Å². The molecular weight excluding hydrogens is 404 g/mol. The fourth-order valence-corrected chi connectivity index (χ4v) is 5.07. The van der Waals surface area contributed by atoms with Crippen molar-refractivity contribution in [2.24, 2.45) is 5.92 Å². The molecule has 1 atom stereocenters. The first-order valence-corrected chi connectivity index (χ1v) is 11.4. The topological polar surface area (TPSA) is 76.2 Å². The fraction of sp³-hybridized carbons (Fsp3) is 0.409. The average molecular weight is 433 g/mol. The molecule has 1 fully saturated rings. The number of likely N-dealkylation sites (tertiary alicyclic amines) is 1. The van der Waals surface area contributed by atoms with Crippen LogP contribution >= 0.6 is 0 Å². The molecule has 162 valence electrons. The summed E-state index contributed by atoms with van der Waals surface area (Å²) in [5.41, 5.74) is 0.328. The molecule has 0 aliphatic carbocycles. The van der Waals surface area contributed by atoms with Crippen molar-refractivity contribution in [1.29, 1.82) is 0 Å². The Balaban J connectivity index is 1.99. The Morgan fingerprint density at radius 2 is 1.80 bits per heavy atom. The Hall–Kier alpha value is -2.74. The third-order valence-electron chi connectivity index (χ3n) is 5.29. The highest BCUT2D eigenvalue weighted by Crippen LogP contribution is 2.33. The Morgan fingerprint density at radius 3 is 2.43 bits per heavy atom. The van der Waals surface area contributed by atoms with Crippen LogP contribution in [0.4, 0.5) is 5.69 Å². The molecule has 1 unspecified atom stereocenters. The zero-order valence-corrected chi connectivity index (χ0v) is 18.4. The highest BCUT2D eigenvalue weighted by molar-refractivity contribution is 7.92. The monoisotopic (exact) mass is 432 g/mol. The predicted octanol–water partition coefficient (Wildman–Crippen LogP) is 3.16. The van der Waals surface area contributed by atoms with Crippen LogP contribution in [0.25, 0.3) is 0 Å². The van der Waals surface area contributed by atoms with Gasteiger partial charge in [0, 0.05) is 13.1 Å². The highest BCUT2D eigenvalue weighted by Gasteiger charge is 2.31. The van der Waals surface area contributed by atoms with E-state index < -0.39 is 10.0 Å². The molecule has 7 nitrogen and oxygen atoms in total. The van der Waals surface area contributed by atoms with E-state index in [1.165, 1.54) is 26.4 Å². The Bertz CT molecular complexity index is 975. The quantitative estimate of drug-likeness (QED) is 0.672. The van der Waals surface area contributed by atoms with Crippen molar-refractivity contribution in [3.05, 3.63) is 48.5 Å². The van der Waals surface area contributed by atoms with Gasteiger partial charge in [0.2, 0.25) is 5.91 Å². The molecule has 0 N–H and O–H groups in total. The van der Waals surface area contributed by atoms with Gasteiger partial charge in [0.25, 0.3) is 10.0 Å². The summed E-state index contributed by atoms with van der Waals surface area (Å²) in [7, 11) is -1.01. The second-order valence-corrected chi connectivity index (χ2v) is 9.31. The zero-order chi connectivity index (χ0) is 21.7. The smallest absolute Gasteiger partial charge is 0.264 e. The van der Waals surface area contributed by atoms with Gasteiger partial charge >= 0.3 is 0 Å². The molecule has 2 aromatic rings. The molecule has 1 saturated heterocycles. The van der Waals surface area contributed by atoms with Gasteiger partial charge in [-0.1, -0.05) is 19.1 Å². The van der Waals surface area contributed by atoms with Crippen molar-refractivity contribution >= 4 is 21.6 Å². The fourth-order valence-electron chi connectivity index (χ4n) is 3.65. The second-order valence-electron chi connectivity index (χ2n) is 7.45. The van der Waals surface area contributed by atoms with E-state index in [1.807, 2.05) is 0 Å². The maximum atomic E-state index is 13.5. The van der Waals surface area contributed by atoms with Gasteiger partial charge in [-0.3, -0.25) is 9.10 Å². The summed E-state index contributed by atoms with van der Waals surface area (Å²) in [6.45, 7) is 3.10. The lowest BCUT2D eigenvalue weighted by molar-refractivity contribution is -0.131. The number of rotatable bonds is 7. The first-order chi connectivity index (χ1) is 14.4. The molecule has 8 heteroatoms. The molecule has 0 radical (unpaired) electrons. The molecule has 0 saturated carbocycles. The molecule has 0 spiro atoms. The van der Waals surface area contributed by atoms with Gasteiger partial charge < -0.3 is 14.4 Å². The second kappa shape index (κ2) is 9.38. The summed E-state index contributed by atoms with van der Waals surface area (Å²) in [5.74, 6) is 1.12. The lowest BCUT2D eigenvalue weighted by Crippen LogP contribution is -2.46. The molecule has 1 heterocycles. The normalized spacial score (nSPS) is 16.8. The molecule has 0 bridgehead atoms. The SMILES string of the molecule is COc1ccc(S(=O)(=O)N(CC(=O)N2CCCC(C)C2)c2ccccc2OC)cc1. The summed E-state index contributed by atoms with van der Waals surface area (Å²) >= 11 is 0. The third-order valence-corrected chi connectivity index (χ3v) is 7.06. The minimum atomic E-state index is -4.01. The van der Waals surface area contributed by atoms with Crippen molar-refractivity contribution in [2.75, 3.05) is 38.2 Å². The number of amides is 1. The van der Waals surface area contributed by atoms with Crippen molar-refractivity contribution < 1.29 is 22.7 Å². The van der Waals surface area contributed by atoms with Crippen LogP contribution in [0.2, 0.25) is 0 Å². The van der Waals surface area contributed by atoms with Crippen molar-refractivity contribution in [3.63, 3.8) is 0 Å². The van der Waals surface area contributed by atoms with E-state index in [2.05, 4.69) is 6.92 Å². The summed E-state index contributed by atoms with van der Waals surface area (Å²) in [5, 5.41) is 0. The number of hydrogen-bond acceptors (Lipinski definition) is 5. The van der Waals surface area contributed by atoms with Crippen LogP contribution in [-0.4, -0.2) is 53.1 Å². The van der Waals surface area contributed by atoms with Crippen LogP contribution in [0.3, 0.4) is 0 Å². The van der Waals surface area contributed by atoms with Crippen molar-refractivity contribution in [3.8, 4) is 11.5 Å². The number of hydrogen-bond donors (Lipinski definition) is 0. The maximum Gasteiger partial charge on any atom is 0.264 e. The molecule has 1 aliphatic heterocycles. The van der Waals surface area contributed by atoms with Gasteiger partial charge in [-0.25, -0.2) is 8.42 Å². The zero-order valence-electron chi connectivity index (χ0n) is 17.6. The Labute approximate surface area is 178 Å². The minimum absolute atomic E-state index is 0.0778. The summed E-state index contributed by atoms with van der Waals surface area (Å²) < 4.78 is 38.7. The molecule has 1 amide bonds. The molecule has 30 heavy (non-hydrogen) atoms. The Kier molecular flexibility index (Phi) is 6.87. The number of carbonyl (C=O) groups is 1. The van der Waals surface area contributed by atoms with Crippen LogP contribution in [0.15, 0.2) is 53.4 Å². The van der Waals surface area contributed by atoms with E-state index >= 15 is 0 Å². The van der Waals surface area contributed by atoms with Gasteiger partial charge in [-0.05, 0) is 55.2 Å². The molecule has 0 aromatic heterocycles. The number of methoxy groups -OCH3 is 2. The number of carbonyl (C=O) groups excluding carboxylic acids is 1. The number of nitrogens with zero attached hydrogens (tertiary/aromatic N) is 2. The van der Waals surface area contributed by atoms with E-state index in [0.717, 1.165) is 17.1 Å². The van der Waals surface area contributed by atoms with Crippen LogP contribution in [0.1, 0.15) is 19.8 Å². The highest BCUT2D eigenvalue weighted by atomic mass is 32.2. The standard InChI is InChI=1S/C22H28N2O5S/c1-17-7-6-14-23(15-17)22(25)16-24(20-8-4-5-9-21(20)29-3)30(26,27)19-12-10-18(28-2)11-13-19/h4-5,8-13,17H,6-7,14-16H2,1-3H3. The summed E-state index contributed by atoms with van der Waals surface area (Å²) in [6, 6.07) is 12.9. The van der Waals surface area contributed by atoms with E-state index in [4.69, 9.17) is 9.47 Å². The van der Waals surface area contributed by atoms with Gasteiger partial charge in [0.1, 0.15) is 18.0 Å². The van der Waals surface area contributed by atoms with E-state index in [9.17, 15) is 13.2 Å². The molecule has 2 aromatic carbocycles. The molecule has 3 rings (SSSR count). The lowest BCUT2D eigenvalue weighted by atomic mass is 10.0. The number of para-hydroxylation sites is 2. The van der Waals surface area contributed by atoms with Crippen molar-refractivity contribution in [2.45, 2.75) is 24.7 Å². The predicted molar refractivity (Wildman–Crippen MR) is 115 cm³/mol. The number of benzene rings is 2. The van der Waals surface area contributed by atoms with E-state index in [0.29, 0.717) is 36.2 Å². The summed E-state index contributed by atoms with van der Waals surface area (Å²) in [6.07, 6.45) is 2.00. The largest absolute Gasteiger partial charge is 0.497 e. The van der Waals surface area contributed by atoms with Crippen LogP contribution in [-0.2, 0) is 14.8 Å². The van der Waals surface area contributed by atoms with Crippen LogP contribution < -0.4 is 13.8 Å². The minimum Gasteiger partial charge on any atom is -0.497 e. The van der Waals surface area contributed by atoms with Crippen molar-refractivity contribution in [1.82, 2.24) is 4.90 Å². The molecular formula is C22H28N2O5S. The Morgan fingerprint density at radius 1 is 1.10 bits per heavy atom. The first kappa shape index (κ1) is 22.0. The number of piperidine rings is 1. The number of anilines is 1. The lowest BCUT2D eigenvalue weighted by Gasteiger charge is -2.33.